The number of H-pyrrole nitrogens is 1. The van der Waals surface area contributed by atoms with Crippen molar-refractivity contribution in [2.24, 2.45) is 0 Å². The van der Waals surface area contributed by atoms with E-state index in [2.05, 4.69) is 10.3 Å². The molecule has 0 saturated carbocycles. The lowest BCUT2D eigenvalue weighted by Crippen LogP contribution is -1.95. The van der Waals surface area contributed by atoms with Crippen molar-refractivity contribution < 1.29 is 0 Å². The van der Waals surface area contributed by atoms with Crippen molar-refractivity contribution in [3.8, 4) is 5.69 Å². The lowest BCUT2D eigenvalue weighted by Gasteiger charge is -1.99. The molecule has 0 atom stereocenters. The maximum absolute atomic E-state index is 5.28. The number of aryl methyl sites for hydroxylation is 1. The van der Waals surface area contributed by atoms with Crippen molar-refractivity contribution in [3.63, 3.8) is 0 Å². The van der Waals surface area contributed by atoms with Gasteiger partial charge in [-0.25, -0.2) is 9.90 Å². The summed E-state index contributed by atoms with van der Waals surface area (Å²) in [6, 6.07) is 9.91. The van der Waals surface area contributed by atoms with Gasteiger partial charge in [0.25, 0.3) is 0 Å². The molecule has 2 rings (SSSR count). The molecule has 0 aliphatic rings. The topological polar surface area (TPSA) is 33.6 Å². The van der Waals surface area contributed by atoms with E-state index < -0.39 is 0 Å². The maximum atomic E-state index is 5.28. The fourth-order valence-electron chi connectivity index (χ4n) is 1.31. The first kappa shape index (κ1) is 9.15. The second-order valence-corrected chi connectivity index (χ2v) is 3.37. The lowest BCUT2D eigenvalue weighted by atomic mass is 10.3. The minimum atomic E-state index is 0.763. The Morgan fingerprint density at radius 1 is 1.36 bits per heavy atom. The Kier molecular flexibility index (Phi) is 2.45. The average Bonchev–Trinajstić information content (AvgIpc) is 2.61. The van der Waals surface area contributed by atoms with Gasteiger partial charge in [-0.3, -0.25) is 0 Å². The molecule has 1 aromatic heterocycles. The van der Waals surface area contributed by atoms with Crippen LogP contribution in [0.4, 0.5) is 0 Å². The molecule has 14 heavy (non-hydrogen) atoms. The third-order valence-corrected chi connectivity index (χ3v) is 2.50. The number of hydrogen-bond donors (Lipinski definition) is 1. The van der Waals surface area contributed by atoms with E-state index in [4.69, 9.17) is 12.2 Å². The molecule has 1 aromatic carbocycles. The normalized spacial score (nSPS) is 10.4. The number of aromatic nitrogens is 3. The first-order valence-electron chi connectivity index (χ1n) is 4.54. The standard InChI is InChI=1S/C10H11N3S/c1-2-9-10(14)13(12-11-9)8-6-4-3-5-7-8/h3-7,12H,2H2,1H3. The highest BCUT2D eigenvalue weighted by molar-refractivity contribution is 7.71. The van der Waals surface area contributed by atoms with Crippen LogP contribution >= 0.6 is 12.2 Å². The number of para-hydroxylation sites is 1. The molecular formula is C10H11N3S. The number of nitrogens with one attached hydrogen (secondary N) is 1. The van der Waals surface area contributed by atoms with Crippen LogP contribution < -0.4 is 0 Å². The van der Waals surface area contributed by atoms with Gasteiger partial charge in [0.2, 0.25) is 0 Å². The number of nitrogens with zero attached hydrogens (tertiary/aromatic N) is 2. The van der Waals surface area contributed by atoms with E-state index in [9.17, 15) is 0 Å². The molecule has 0 radical (unpaired) electrons. The highest BCUT2D eigenvalue weighted by Gasteiger charge is 2.02. The van der Waals surface area contributed by atoms with E-state index in [1.54, 1.807) is 0 Å². The molecule has 0 spiro atoms. The Balaban J connectivity index is 2.53. The van der Waals surface area contributed by atoms with Crippen molar-refractivity contribution in [1.82, 2.24) is 15.0 Å². The summed E-state index contributed by atoms with van der Waals surface area (Å²) in [5.74, 6) is 0. The predicted octanol–water partition coefficient (Wildman–Crippen LogP) is 2.49. The summed E-state index contributed by atoms with van der Waals surface area (Å²) < 4.78 is 2.58. The summed E-state index contributed by atoms with van der Waals surface area (Å²) in [6.07, 6.45) is 0.856. The molecule has 72 valence electrons. The minimum absolute atomic E-state index is 0.763. The zero-order valence-corrected chi connectivity index (χ0v) is 8.71. The number of aromatic amines is 1. The van der Waals surface area contributed by atoms with Crippen LogP contribution in [0.25, 0.3) is 5.69 Å². The Morgan fingerprint density at radius 3 is 2.64 bits per heavy atom. The second kappa shape index (κ2) is 3.75. The Bertz CT molecular complexity index is 470. The summed E-state index contributed by atoms with van der Waals surface area (Å²) in [6.45, 7) is 2.04. The molecule has 3 nitrogen and oxygen atoms in total. The third-order valence-electron chi connectivity index (χ3n) is 2.08. The minimum Gasteiger partial charge on any atom is -0.228 e. The zero-order valence-electron chi connectivity index (χ0n) is 7.90. The molecule has 0 aliphatic carbocycles. The van der Waals surface area contributed by atoms with Gasteiger partial charge in [-0.2, -0.15) is 5.10 Å². The van der Waals surface area contributed by atoms with E-state index in [1.807, 2.05) is 41.9 Å². The van der Waals surface area contributed by atoms with E-state index in [-0.39, 0.29) is 0 Å². The van der Waals surface area contributed by atoms with Crippen molar-refractivity contribution in [3.05, 3.63) is 40.7 Å². The van der Waals surface area contributed by atoms with E-state index >= 15 is 0 Å². The van der Waals surface area contributed by atoms with E-state index in [0.717, 1.165) is 22.4 Å². The van der Waals surface area contributed by atoms with Crippen LogP contribution in [0, 0.1) is 4.64 Å². The van der Waals surface area contributed by atoms with Gasteiger partial charge in [-0.15, -0.1) is 0 Å². The highest BCUT2D eigenvalue weighted by Crippen LogP contribution is 2.08. The molecule has 0 saturated heterocycles. The number of rotatable bonds is 2. The molecule has 0 unspecified atom stereocenters. The summed E-state index contributed by atoms with van der Waals surface area (Å²) in [5, 5.41) is 7.05. The van der Waals surface area contributed by atoms with Crippen molar-refractivity contribution >= 4 is 12.2 Å². The van der Waals surface area contributed by atoms with Crippen LogP contribution in [0.1, 0.15) is 12.6 Å². The number of hydrogen-bond acceptors (Lipinski definition) is 2. The van der Waals surface area contributed by atoms with Crippen LogP contribution in [0.2, 0.25) is 0 Å². The van der Waals surface area contributed by atoms with Crippen LogP contribution in [-0.2, 0) is 6.42 Å². The monoisotopic (exact) mass is 205 g/mol. The summed E-state index contributed by atoms with van der Waals surface area (Å²) in [5.41, 5.74) is 1.95. The predicted molar refractivity (Wildman–Crippen MR) is 58.1 cm³/mol. The van der Waals surface area contributed by atoms with Crippen LogP contribution in [-0.4, -0.2) is 15.0 Å². The third kappa shape index (κ3) is 1.48. The first-order valence-corrected chi connectivity index (χ1v) is 4.95. The first-order chi connectivity index (χ1) is 6.83. The summed E-state index contributed by atoms with van der Waals surface area (Å²) in [4.78, 5) is 0. The Morgan fingerprint density at radius 2 is 2.07 bits per heavy atom. The van der Waals surface area contributed by atoms with Crippen molar-refractivity contribution in [2.75, 3.05) is 0 Å². The lowest BCUT2D eigenvalue weighted by molar-refractivity contribution is 0.793. The zero-order chi connectivity index (χ0) is 9.97. The van der Waals surface area contributed by atoms with Crippen LogP contribution in [0.5, 0.6) is 0 Å². The van der Waals surface area contributed by atoms with Gasteiger partial charge in [0.1, 0.15) is 0 Å². The smallest absolute Gasteiger partial charge is 0.151 e. The highest BCUT2D eigenvalue weighted by atomic mass is 32.1. The van der Waals surface area contributed by atoms with Gasteiger partial charge in [0, 0.05) is 0 Å². The van der Waals surface area contributed by atoms with Gasteiger partial charge >= 0.3 is 0 Å². The summed E-state index contributed by atoms with van der Waals surface area (Å²) in [7, 11) is 0. The Hall–Kier alpha value is -1.42. The number of benzene rings is 1. The molecule has 2 aromatic rings. The molecule has 0 bridgehead atoms. The van der Waals surface area contributed by atoms with Crippen LogP contribution in [0.15, 0.2) is 30.3 Å². The fourth-order valence-corrected chi connectivity index (χ4v) is 1.65. The molecular weight excluding hydrogens is 194 g/mol. The Labute approximate surface area is 87.4 Å². The van der Waals surface area contributed by atoms with E-state index in [1.165, 1.54) is 0 Å². The van der Waals surface area contributed by atoms with Gasteiger partial charge in [-0.1, -0.05) is 37.3 Å². The maximum Gasteiger partial charge on any atom is 0.151 e. The summed E-state index contributed by atoms with van der Waals surface area (Å²) >= 11 is 5.28. The van der Waals surface area contributed by atoms with Gasteiger partial charge in [0.05, 0.1) is 11.4 Å². The molecule has 4 heteroatoms. The van der Waals surface area contributed by atoms with Gasteiger partial charge in [-0.05, 0) is 18.6 Å². The molecule has 0 amide bonds. The van der Waals surface area contributed by atoms with Gasteiger partial charge < -0.3 is 0 Å². The van der Waals surface area contributed by atoms with Crippen LogP contribution in [0.3, 0.4) is 0 Å². The van der Waals surface area contributed by atoms with Crippen molar-refractivity contribution in [2.45, 2.75) is 13.3 Å². The SMILES string of the molecule is CCc1n[nH]n(-c2ccccc2)c1=S. The largest absolute Gasteiger partial charge is 0.228 e. The molecule has 1 heterocycles. The average molecular weight is 205 g/mol. The van der Waals surface area contributed by atoms with Crippen molar-refractivity contribution in [1.29, 1.82) is 0 Å². The fraction of sp³-hybridized carbons (Fsp3) is 0.200. The molecule has 0 fully saturated rings. The molecule has 1 N–H and O–H groups in total. The quantitative estimate of drug-likeness (QED) is 0.764. The van der Waals surface area contributed by atoms with E-state index in [0.29, 0.717) is 0 Å². The van der Waals surface area contributed by atoms with Gasteiger partial charge in [0.15, 0.2) is 4.64 Å². The second-order valence-electron chi connectivity index (χ2n) is 2.99. The molecule has 0 aliphatic heterocycles.